The Bertz CT molecular complexity index is 761. The zero-order valence-corrected chi connectivity index (χ0v) is 17.8. The lowest BCUT2D eigenvalue weighted by molar-refractivity contribution is -0.0390. The molecule has 1 aliphatic rings. The second-order valence-corrected chi connectivity index (χ2v) is 7.33. The number of hydrogen-bond donors (Lipinski definition) is 2. The Kier molecular flexibility index (Phi) is 9.66. The summed E-state index contributed by atoms with van der Waals surface area (Å²) in [5.41, 5.74) is 3.57. The van der Waals surface area contributed by atoms with E-state index in [2.05, 4.69) is 52.0 Å². The zero-order valence-electron chi connectivity index (χ0n) is 17.8. The quantitative estimate of drug-likeness (QED) is 0.357. The summed E-state index contributed by atoms with van der Waals surface area (Å²) in [5.74, 6) is 0.766. The molecule has 0 bridgehead atoms. The number of guanidine groups is 1. The number of rotatable bonds is 10. The molecule has 1 heterocycles. The normalized spacial score (nSPS) is 15.2. The summed E-state index contributed by atoms with van der Waals surface area (Å²) in [5, 5.41) is 6.64. The SMILES string of the molecule is CN=C(NCCOCc1ccccc1)NCc1cccc(COC2CCOCC2)c1. The van der Waals surface area contributed by atoms with Crippen LogP contribution in [0.15, 0.2) is 59.6 Å². The molecule has 0 atom stereocenters. The highest BCUT2D eigenvalue weighted by Crippen LogP contribution is 2.14. The van der Waals surface area contributed by atoms with E-state index in [0.29, 0.717) is 39.0 Å². The van der Waals surface area contributed by atoms with Gasteiger partial charge < -0.3 is 24.8 Å². The average Bonchev–Trinajstić information content (AvgIpc) is 2.81. The number of nitrogens with zero attached hydrogens (tertiary/aromatic N) is 1. The minimum absolute atomic E-state index is 0.313. The third kappa shape index (κ3) is 8.14. The Morgan fingerprint density at radius 2 is 1.73 bits per heavy atom. The first kappa shape index (κ1) is 22.3. The van der Waals surface area contributed by atoms with Crippen molar-refractivity contribution in [3.8, 4) is 0 Å². The van der Waals surface area contributed by atoms with Gasteiger partial charge in [-0.3, -0.25) is 4.99 Å². The zero-order chi connectivity index (χ0) is 20.9. The van der Waals surface area contributed by atoms with Gasteiger partial charge in [-0.1, -0.05) is 54.6 Å². The number of ether oxygens (including phenoxy) is 3. The van der Waals surface area contributed by atoms with Gasteiger partial charge in [0.05, 0.1) is 25.9 Å². The lowest BCUT2D eigenvalue weighted by Gasteiger charge is -2.22. The van der Waals surface area contributed by atoms with Gasteiger partial charge in [-0.15, -0.1) is 0 Å². The maximum Gasteiger partial charge on any atom is 0.191 e. The Morgan fingerprint density at radius 1 is 0.967 bits per heavy atom. The molecule has 1 fully saturated rings. The van der Waals surface area contributed by atoms with Gasteiger partial charge in [0.2, 0.25) is 0 Å². The van der Waals surface area contributed by atoms with Crippen LogP contribution < -0.4 is 10.6 Å². The van der Waals surface area contributed by atoms with Crippen LogP contribution in [0.2, 0.25) is 0 Å². The maximum atomic E-state index is 6.03. The van der Waals surface area contributed by atoms with Crippen LogP contribution in [0.4, 0.5) is 0 Å². The third-order valence-corrected chi connectivity index (χ3v) is 4.98. The van der Waals surface area contributed by atoms with Gasteiger partial charge in [-0.2, -0.15) is 0 Å². The third-order valence-electron chi connectivity index (χ3n) is 4.98. The van der Waals surface area contributed by atoms with Crippen molar-refractivity contribution >= 4 is 5.96 Å². The molecule has 2 aromatic carbocycles. The molecule has 1 saturated heterocycles. The van der Waals surface area contributed by atoms with Crippen molar-refractivity contribution in [2.24, 2.45) is 4.99 Å². The largest absolute Gasteiger partial charge is 0.381 e. The van der Waals surface area contributed by atoms with Crippen LogP contribution in [-0.4, -0.2) is 45.5 Å². The molecule has 6 nitrogen and oxygen atoms in total. The molecule has 2 aromatic rings. The molecule has 0 saturated carbocycles. The van der Waals surface area contributed by atoms with Gasteiger partial charge in [0.25, 0.3) is 0 Å². The Hall–Kier alpha value is -2.41. The predicted octanol–water partition coefficient (Wildman–Crippen LogP) is 3.26. The topological polar surface area (TPSA) is 64.1 Å². The van der Waals surface area contributed by atoms with Crippen molar-refractivity contribution in [2.45, 2.75) is 38.7 Å². The molecule has 0 amide bonds. The number of aliphatic imine (C=N–C) groups is 1. The Balaban J connectivity index is 1.33. The highest BCUT2D eigenvalue weighted by Gasteiger charge is 2.14. The molecule has 30 heavy (non-hydrogen) atoms. The average molecular weight is 412 g/mol. The van der Waals surface area contributed by atoms with Gasteiger partial charge in [-0.05, 0) is 29.5 Å². The van der Waals surface area contributed by atoms with E-state index in [0.717, 1.165) is 32.0 Å². The minimum atomic E-state index is 0.313. The molecular formula is C24H33N3O3. The van der Waals surface area contributed by atoms with Crippen LogP contribution in [0.3, 0.4) is 0 Å². The molecule has 1 aliphatic heterocycles. The summed E-state index contributed by atoms with van der Waals surface area (Å²) in [6, 6.07) is 18.7. The smallest absolute Gasteiger partial charge is 0.191 e. The van der Waals surface area contributed by atoms with Crippen molar-refractivity contribution in [1.29, 1.82) is 0 Å². The van der Waals surface area contributed by atoms with Crippen LogP contribution in [0, 0.1) is 0 Å². The van der Waals surface area contributed by atoms with Crippen LogP contribution in [0.1, 0.15) is 29.5 Å². The van der Waals surface area contributed by atoms with E-state index in [9.17, 15) is 0 Å². The van der Waals surface area contributed by atoms with E-state index in [-0.39, 0.29) is 0 Å². The summed E-state index contributed by atoms with van der Waals surface area (Å²) in [4.78, 5) is 4.28. The van der Waals surface area contributed by atoms with E-state index >= 15 is 0 Å². The Labute approximate surface area is 179 Å². The van der Waals surface area contributed by atoms with E-state index < -0.39 is 0 Å². The first-order valence-electron chi connectivity index (χ1n) is 10.7. The number of hydrogen-bond acceptors (Lipinski definition) is 4. The second kappa shape index (κ2) is 13.0. The van der Waals surface area contributed by atoms with E-state index in [4.69, 9.17) is 14.2 Å². The van der Waals surface area contributed by atoms with E-state index in [1.807, 2.05) is 18.2 Å². The lowest BCUT2D eigenvalue weighted by Crippen LogP contribution is -2.38. The number of benzene rings is 2. The maximum absolute atomic E-state index is 6.03. The van der Waals surface area contributed by atoms with E-state index in [1.54, 1.807) is 7.05 Å². The van der Waals surface area contributed by atoms with Crippen molar-refractivity contribution in [3.05, 3.63) is 71.3 Å². The predicted molar refractivity (Wildman–Crippen MR) is 119 cm³/mol. The molecule has 0 radical (unpaired) electrons. The molecule has 0 spiro atoms. The first-order chi connectivity index (χ1) is 14.8. The second-order valence-electron chi connectivity index (χ2n) is 7.33. The summed E-state index contributed by atoms with van der Waals surface area (Å²) in [7, 11) is 1.78. The molecule has 2 N–H and O–H groups in total. The van der Waals surface area contributed by atoms with Crippen molar-refractivity contribution < 1.29 is 14.2 Å². The fourth-order valence-electron chi connectivity index (χ4n) is 3.30. The Morgan fingerprint density at radius 3 is 2.53 bits per heavy atom. The molecule has 6 heteroatoms. The van der Waals surface area contributed by atoms with Crippen molar-refractivity contribution in [1.82, 2.24) is 10.6 Å². The molecule has 0 aliphatic carbocycles. The highest BCUT2D eigenvalue weighted by atomic mass is 16.5. The van der Waals surface area contributed by atoms with Gasteiger partial charge in [0.15, 0.2) is 5.96 Å². The highest BCUT2D eigenvalue weighted by molar-refractivity contribution is 5.79. The summed E-state index contributed by atoms with van der Waals surface area (Å²) in [6.07, 6.45) is 2.28. The van der Waals surface area contributed by atoms with Gasteiger partial charge in [-0.25, -0.2) is 0 Å². The van der Waals surface area contributed by atoms with Crippen LogP contribution >= 0.6 is 0 Å². The molecule has 0 aromatic heterocycles. The van der Waals surface area contributed by atoms with Gasteiger partial charge in [0.1, 0.15) is 0 Å². The fourth-order valence-corrected chi connectivity index (χ4v) is 3.30. The van der Waals surface area contributed by atoms with Gasteiger partial charge >= 0.3 is 0 Å². The summed E-state index contributed by atoms with van der Waals surface area (Å²) >= 11 is 0. The van der Waals surface area contributed by atoms with Gasteiger partial charge in [0, 0.05) is 33.4 Å². The molecule has 3 rings (SSSR count). The molecule has 0 unspecified atom stereocenters. The van der Waals surface area contributed by atoms with E-state index in [1.165, 1.54) is 16.7 Å². The minimum Gasteiger partial charge on any atom is -0.381 e. The van der Waals surface area contributed by atoms with Crippen molar-refractivity contribution in [2.75, 3.05) is 33.4 Å². The summed E-state index contributed by atoms with van der Waals surface area (Å²) < 4.78 is 17.1. The number of nitrogens with one attached hydrogen (secondary N) is 2. The molecule has 162 valence electrons. The van der Waals surface area contributed by atoms with Crippen LogP contribution in [0.5, 0.6) is 0 Å². The standard InChI is InChI=1S/C24H33N3O3/c1-25-24(26-12-15-29-18-20-6-3-2-4-7-20)27-17-21-8-5-9-22(16-21)19-30-23-10-13-28-14-11-23/h2-9,16,23H,10-15,17-19H2,1H3,(H2,25,26,27). The van der Waals surface area contributed by atoms with Crippen LogP contribution in [0.25, 0.3) is 0 Å². The molecular weight excluding hydrogens is 378 g/mol. The summed E-state index contributed by atoms with van der Waals surface area (Å²) in [6.45, 7) is 4.90. The monoisotopic (exact) mass is 411 g/mol. The lowest BCUT2D eigenvalue weighted by atomic mass is 10.1. The van der Waals surface area contributed by atoms with Crippen molar-refractivity contribution in [3.63, 3.8) is 0 Å². The first-order valence-corrected chi connectivity index (χ1v) is 10.7. The fraction of sp³-hybridized carbons (Fsp3) is 0.458. The van der Waals surface area contributed by atoms with Crippen LogP contribution in [-0.2, 0) is 34.0 Å².